The van der Waals surface area contributed by atoms with Crippen molar-refractivity contribution in [1.82, 2.24) is 4.90 Å². The van der Waals surface area contributed by atoms with Crippen LogP contribution < -0.4 is 5.73 Å². The first-order chi connectivity index (χ1) is 7.08. The molecule has 0 atom stereocenters. The van der Waals surface area contributed by atoms with Crippen molar-refractivity contribution in [3.8, 4) is 0 Å². The molecule has 5 heteroatoms. The number of likely N-dealkylation sites (tertiary alicyclic amines) is 1. The fraction of sp³-hybridized carbons (Fsp3) is 0.300. The summed E-state index contributed by atoms with van der Waals surface area (Å²) in [6.45, 7) is 1.19. The Labute approximate surface area is 97.8 Å². The van der Waals surface area contributed by atoms with Crippen LogP contribution in [-0.4, -0.2) is 29.9 Å². The van der Waals surface area contributed by atoms with Crippen LogP contribution in [0.2, 0.25) is 10.0 Å². The first kappa shape index (κ1) is 10.7. The lowest BCUT2D eigenvalue weighted by Gasteiger charge is -2.37. The zero-order valence-corrected chi connectivity index (χ0v) is 9.42. The average molecular weight is 245 g/mol. The summed E-state index contributed by atoms with van der Waals surface area (Å²) in [5.74, 6) is -0.0848. The maximum absolute atomic E-state index is 11.8. The number of carbonyl (C=O) groups is 1. The summed E-state index contributed by atoms with van der Waals surface area (Å²) in [6, 6.07) is 4.95. The van der Waals surface area contributed by atoms with E-state index in [9.17, 15) is 4.79 Å². The number of halogens is 2. The van der Waals surface area contributed by atoms with Gasteiger partial charge in [0.15, 0.2) is 0 Å². The van der Waals surface area contributed by atoms with E-state index in [4.69, 9.17) is 28.9 Å². The second kappa shape index (κ2) is 4.00. The summed E-state index contributed by atoms with van der Waals surface area (Å²) in [5, 5.41) is 0.907. The predicted molar refractivity (Wildman–Crippen MR) is 60.3 cm³/mol. The summed E-state index contributed by atoms with van der Waals surface area (Å²) in [6.07, 6.45) is 0. The number of carbonyl (C=O) groups excluding carboxylic acids is 1. The largest absolute Gasteiger partial charge is 0.335 e. The van der Waals surface area contributed by atoms with Crippen LogP contribution in [0.1, 0.15) is 10.4 Å². The van der Waals surface area contributed by atoms with E-state index in [1.54, 1.807) is 23.1 Å². The van der Waals surface area contributed by atoms with Crippen molar-refractivity contribution in [3.05, 3.63) is 33.8 Å². The van der Waals surface area contributed by atoms with Crippen LogP contribution in [0.5, 0.6) is 0 Å². The van der Waals surface area contributed by atoms with Gasteiger partial charge in [-0.15, -0.1) is 0 Å². The van der Waals surface area contributed by atoms with Crippen LogP contribution >= 0.6 is 23.2 Å². The topological polar surface area (TPSA) is 46.3 Å². The Balaban J connectivity index is 2.19. The van der Waals surface area contributed by atoms with Gasteiger partial charge in [-0.05, 0) is 18.2 Å². The molecule has 0 bridgehead atoms. The van der Waals surface area contributed by atoms with Crippen molar-refractivity contribution in [3.63, 3.8) is 0 Å². The summed E-state index contributed by atoms with van der Waals surface area (Å²) < 4.78 is 0. The van der Waals surface area contributed by atoms with Crippen LogP contribution in [-0.2, 0) is 0 Å². The van der Waals surface area contributed by atoms with Gasteiger partial charge in [0.1, 0.15) is 0 Å². The number of amides is 1. The second-order valence-electron chi connectivity index (χ2n) is 3.59. The van der Waals surface area contributed by atoms with Gasteiger partial charge in [-0.2, -0.15) is 0 Å². The molecule has 1 amide bonds. The third kappa shape index (κ3) is 2.09. The van der Waals surface area contributed by atoms with Crippen molar-refractivity contribution in [2.75, 3.05) is 13.1 Å². The molecule has 0 aromatic heterocycles. The van der Waals surface area contributed by atoms with E-state index in [-0.39, 0.29) is 11.9 Å². The number of hydrogen-bond donors (Lipinski definition) is 1. The number of rotatable bonds is 1. The highest BCUT2D eigenvalue weighted by atomic mass is 35.5. The molecule has 1 aliphatic rings. The second-order valence-corrected chi connectivity index (χ2v) is 4.44. The Morgan fingerprint density at radius 1 is 1.40 bits per heavy atom. The molecule has 0 aliphatic carbocycles. The molecule has 1 fully saturated rings. The third-order valence-corrected chi connectivity index (χ3v) is 2.91. The molecule has 0 saturated carbocycles. The van der Waals surface area contributed by atoms with Gasteiger partial charge >= 0.3 is 0 Å². The fourth-order valence-electron chi connectivity index (χ4n) is 1.51. The molecule has 1 aromatic rings. The van der Waals surface area contributed by atoms with Crippen LogP contribution in [0.4, 0.5) is 0 Å². The first-order valence-corrected chi connectivity index (χ1v) is 5.33. The summed E-state index contributed by atoms with van der Waals surface area (Å²) in [5.41, 5.74) is 6.08. The van der Waals surface area contributed by atoms with Crippen molar-refractivity contribution in [2.45, 2.75) is 6.04 Å². The summed E-state index contributed by atoms with van der Waals surface area (Å²) in [4.78, 5) is 13.5. The first-order valence-electron chi connectivity index (χ1n) is 4.58. The molecule has 80 valence electrons. The van der Waals surface area contributed by atoms with Gasteiger partial charge in [0, 0.05) is 24.2 Å². The normalized spacial score (nSPS) is 16.3. The summed E-state index contributed by atoms with van der Waals surface area (Å²) >= 11 is 11.7. The highest BCUT2D eigenvalue weighted by Crippen LogP contribution is 2.23. The molecule has 0 unspecified atom stereocenters. The van der Waals surface area contributed by atoms with Crippen LogP contribution in [0.3, 0.4) is 0 Å². The minimum absolute atomic E-state index is 0.0848. The molecular formula is C10H10Cl2N2O. The minimum Gasteiger partial charge on any atom is -0.335 e. The van der Waals surface area contributed by atoms with Crippen LogP contribution in [0.25, 0.3) is 0 Å². The molecule has 2 N–H and O–H groups in total. The van der Waals surface area contributed by atoms with Crippen molar-refractivity contribution in [2.24, 2.45) is 5.73 Å². The lowest BCUT2D eigenvalue weighted by atomic mass is 10.1. The lowest BCUT2D eigenvalue weighted by Crippen LogP contribution is -2.57. The van der Waals surface area contributed by atoms with E-state index in [1.807, 2.05) is 0 Å². The maximum Gasteiger partial charge on any atom is 0.255 e. The monoisotopic (exact) mass is 244 g/mol. The smallest absolute Gasteiger partial charge is 0.255 e. The Bertz CT molecular complexity index is 402. The molecule has 1 saturated heterocycles. The molecule has 1 heterocycles. The molecular weight excluding hydrogens is 235 g/mol. The van der Waals surface area contributed by atoms with E-state index in [0.717, 1.165) is 0 Å². The number of benzene rings is 1. The Morgan fingerprint density at radius 2 is 2.07 bits per heavy atom. The van der Waals surface area contributed by atoms with E-state index >= 15 is 0 Å². The number of hydrogen-bond acceptors (Lipinski definition) is 2. The average Bonchev–Trinajstić information content (AvgIpc) is 2.12. The van der Waals surface area contributed by atoms with Gasteiger partial charge < -0.3 is 10.6 Å². The van der Waals surface area contributed by atoms with E-state index < -0.39 is 0 Å². The molecule has 1 aromatic carbocycles. The van der Waals surface area contributed by atoms with E-state index in [2.05, 4.69) is 0 Å². The molecule has 1 aliphatic heterocycles. The molecule has 2 rings (SSSR count). The highest BCUT2D eigenvalue weighted by molar-refractivity contribution is 6.36. The molecule has 15 heavy (non-hydrogen) atoms. The molecule has 3 nitrogen and oxygen atoms in total. The lowest BCUT2D eigenvalue weighted by molar-refractivity contribution is 0.0608. The Kier molecular flexibility index (Phi) is 2.87. The maximum atomic E-state index is 11.8. The van der Waals surface area contributed by atoms with Gasteiger partial charge in [0.05, 0.1) is 10.6 Å². The molecule has 0 radical (unpaired) electrons. The predicted octanol–water partition coefficient (Wildman–Crippen LogP) is 1.78. The zero-order chi connectivity index (χ0) is 11.0. The van der Waals surface area contributed by atoms with Gasteiger partial charge in [0.25, 0.3) is 5.91 Å². The summed E-state index contributed by atoms with van der Waals surface area (Å²) in [7, 11) is 0. The fourth-order valence-corrected chi connectivity index (χ4v) is 2.00. The van der Waals surface area contributed by atoms with E-state index in [0.29, 0.717) is 28.7 Å². The standard InChI is InChI=1S/C10H10Cl2N2O/c11-6-1-2-8(9(12)3-6)10(15)14-4-7(13)5-14/h1-3,7H,4-5,13H2. The number of nitrogens with two attached hydrogens (primary N) is 1. The molecule has 0 spiro atoms. The van der Waals surface area contributed by atoms with E-state index in [1.165, 1.54) is 0 Å². The van der Waals surface area contributed by atoms with Crippen LogP contribution in [0, 0.1) is 0 Å². The Morgan fingerprint density at radius 3 is 2.60 bits per heavy atom. The minimum atomic E-state index is -0.0848. The van der Waals surface area contributed by atoms with Gasteiger partial charge in [-0.3, -0.25) is 4.79 Å². The third-order valence-electron chi connectivity index (χ3n) is 2.36. The SMILES string of the molecule is NC1CN(C(=O)c2ccc(Cl)cc2Cl)C1. The van der Waals surface area contributed by atoms with Gasteiger partial charge in [-0.25, -0.2) is 0 Å². The van der Waals surface area contributed by atoms with Gasteiger partial charge in [-0.1, -0.05) is 23.2 Å². The van der Waals surface area contributed by atoms with Crippen molar-refractivity contribution < 1.29 is 4.79 Å². The highest BCUT2D eigenvalue weighted by Gasteiger charge is 2.29. The quantitative estimate of drug-likeness (QED) is 0.819. The number of nitrogens with zero attached hydrogens (tertiary/aromatic N) is 1. The Hall–Kier alpha value is -0.770. The van der Waals surface area contributed by atoms with Crippen LogP contribution in [0.15, 0.2) is 18.2 Å². The van der Waals surface area contributed by atoms with Crippen molar-refractivity contribution in [1.29, 1.82) is 0 Å². The van der Waals surface area contributed by atoms with Gasteiger partial charge in [0.2, 0.25) is 0 Å². The zero-order valence-electron chi connectivity index (χ0n) is 7.91. The van der Waals surface area contributed by atoms with Crippen molar-refractivity contribution >= 4 is 29.1 Å².